The molecule has 0 aliphatic carbocycles. The second-order valence-electron chi connectivity index (χ2n) is 5.16. The van der Waals surface area contributed by atoms with Crippen LogP contribution in [0.3, 0.4) is 0 Å². The maximum atomic E-state index is 13.0. The lowest BCUT2D eigenvalue weighted by atomic mass is 10.1. The molecule has 23 heavy (non-hydrogen) atoms. The number of alkyl halides is 3. The van der Waals surface area contributed by atoms with Crippen LogP contribution < -0.4 is 4.74 Å². The number of rotatable bonds is 7. The Kier molecular flexibility index (Phi) is 5.79. The molecule has 2 aromatic carbocycles. The number of carbonyl (C=O) groups is 1. The molecule has 0 spiro atoms. The summed E-state index contributed by atoms with van der Waals surface area (Å²) in [5, 5.41) is 0. The number of aldehydes is 1. The van der Waals surface area contributed by atoms with Gasteiger partial charge in [0.25, 0.3) is 0 Å². The summed E-state index contributed by atoms with van der Waals surface area (Å²) in [7, 11) is 0. The number of ether oxygens (including phenoxy) is 1. The maximum absolute atomic E-state index is 13.0. The van der Waals surface area contributed by atoms with Crippen LogP contribution in [0.15, 0.2) is 48.5 Å². The highest BCUT2D eigenvalue weighted by molar-refractivity contribution is 5.75. The van der Waals surface area contributed by atoms with Crippen LogP contribution in [0.5, 0.6) is 5.75 Å². The summed E-state index contributed by atoms with van der Waals surface area (Å²) in [6.07, 6.45) is -1.81. The van der Waals surface area contributed by atoms with Crippen molar-refractivity contribution in [3.05, 3.63) is 65.2 Å². The average Bonchev–Trinajstić information content (AvgIpc) is 2.54. The van der Waals surface area contributed by atoms with Crippen LogP contribution in [0.4, 0.5) is 13.2 Å². The molecule has 0 saturated carbocycles. The molecule has 0 aromatic heterocycles. The van der Waals surface area contributed by atoms with E-state index in [9.17, 15) is 18.0 Å². The quantitative estimate of drug-likeness (QED) is 0.534. The first-order valence-corrected chi connectivity index (χ1v) is 7.34. The number of aryl methyl sites for hydroxylation is 1. The van der Waals surface area contributed by atoms with E-state index >= 15 is 0 Å². The zero-order chi connectivity index (χ0) is 16.7. The Hall–Kier alpha value is -2.30. The Balaban J connectivity index is 1.89. The lowest BCUT2D eigenvalue weighted by Crippen LogP contribution is -2.10. The van der Waals surface area contributed by atoms with E-state index < -0.39 is 11.7 Å². The van der Waals surface area contributed by atoms with E-state index in [4.69, 9.17) is 4.74 Å². The summed E-state index contributed by atoms with van der Waals surface area (Å²) >= 11 is 0. The highest BCUT2D eigenvalue weighted by Gasteiger charge is 2.34. The summed E-state index contributed by atoms with van der Waals surface area (Å²) in [6.45, 7) is 0.205. The van der Waals surface area contributed by atoms with Crippen molar-refractivity contribution >= 4 is 6.29 Å². The fourth-order valence-corrected chi connectivity index (χ4v) is 2.23. The van der Waals surface area contributed by atoms with Crippen LogP contribution >= 0.6 is 0 Å². The molecule has 0 atom stereocenters. The topological polar surface area (TPSA) is 26.3 Å². The van der Waals surface area contributed by atoms with Gasteiger partial charge in [-0.3, -0.25) is 4.79 Å². The normalized spacial score (nSPS) is 11.3. The molecule has 0 bridgehead atoms. The molecule has 0 aliphatic rings. The van der Waals surface area contributed by atoms with Crippen LogP contribution in [0.2, 0.25) is 0 Å². The van der Waals surface area contributed by atoms with Crippen molar-refractivity contribution in [3.63, 3.8) is 0 Å². The van der Waals surface area contributed by atoms with E-state index in [1.807, 2.05) is 30.3 Å². The van der Waals surface area contributed by atoms with E-state index in [-0.39, 0.29) is 17.9 Å². The van der Waals surface area contributed by atoms with E-state index in [1.165, 1.54) is 17.7 Å². The van der Waals surface area contributed by atoms with Gasteiger partial charge in [0.15, 0.2) is 0 Å². The van der Waals surface area contributed by atoms with Crippen LogP contribution in [-0.4, -0.2) is 12.9 Å². The van der Waals surface area contributed by atoms with Gasteiger partial charge < -0.3 is 4.74 Å². The second-order valence-corrected chi connectivity index (χ2v) is 5.16. The summed E-state index contributed by atoms with van der Waals surface area (Å²) in [4.78, 5) is 10.6. The Labute approximate surface area is 132 Å². The molecule has 0 amide bonds. The third-order valence-corrected chi connectivity index (χ3v) is 3.41. The average molecular weight is 322 g/mol. The van der Waals surface area contributed by atoms with Gasteiger partial charge >= 0.3 is 6.18 Å². The Morgan fingerprint density at radius 3 is 2.39 bits per heavy atom. The zero-order valence-corrected chi connectivity index (χ0v) is 12.5. The first-order chi connectivity index (χ1) is 11.0. The number of hydrogen-bond donors (Lipinski definition) is 0. The van der Waals surface area contributed by atoms with Crippen LogP contribution in [0.25, 0.3) is 0 Å². The van der Waals surface area contributed by atoms with Gasteiger partial charge in [-0.05, 0) is 43.0 Å². The molecule has 0 unspecified atom stereocenters. The summed E-state index contributed by atoms with van der Waals surface area (Å²) < 4.78 is 44.2. The summed E-state index contributed by atoms with van der Waals surface area (Å²) in [6, 6.07) is 13.2. The zero-order valence-electron chi connectivity index (χ0n) is 12.5. The van der Waals surface area contributed by atoms with Gasteiger partial charge in [-0.2, -0.15) is 13.2 Å². The number of halogens is 3. The van der Waals surface area contributed by atoms with Crippen molar-refractivity contribution in [3.8, 4) is 5.75 Å². The predicted molar refractivity (Wildman–Crippen MR) is 81.7 cm³/mol. The van der Waals surface area contributed by atoms with Crippen molar-refractivity contribution in [2.24, 2.45) is 0 Å². The van der Waals surface area contributed by atoms with E-state index in [0.717, 1.165) is 18.9 Å². The SMILES string of the molecule is O=Cc1ccc(OCCCCc2ccccc2)c(C(F)(F)F)c1. The minimum atomic E-state index is -4.54. The van der Waals surface area contributed by atoms with Gasteiger partial charge in [-0.25, -0.2) is 0 Å². The minimum absolute atomic E-state index is 0.0197. The number of hydrogen-bond acceptors (Lipinski definition) is 2. The highest BCUT2D eigenvalue weighted by atomic mass is 19.4. The molecule has 0 aliphatic heterocycles. The molecule has 0 N–H and O–H groups in total. The Bertz CT molecular complexity index is 636. The molecule has 5 heteroatoms. The third-order valence-electron chi connectivity index (χ3n) is 3.41. The molecule has 2 rings (SSSR count). The fraction of sp³-hybridized carbons (Fsp3) is 0.278. The van der Waals surface area contributed by atoms with E-state index in [2.05, 4.69) is 0 Å². The van der Waals surface area contributed by atoms with Gasteiger partial charge in [0.2, 0.25) is 0 Å². The fourth-order valence-electron chi connectivity index (χ4n) is 2.23. The first-order valence-electron chi connectivity index (χ1n) is 7.34. The summed E-state index contributed by atoms with van der Waals surface area (Å²) in [5.41, 5.74) is 0.262. The van der Waals surface area contributed by atoms with Crippen molar-refractivity contribution in [1.82, 2.24) is 0 Å². The number of benzene rings is 2. The first kappa shape index (κ1) is 17.1. The van der Waals surface area contributed by atoms with Gasteiger partial charge in [0.05, 0.1) is 12.2 Å². The predicted octanol–water partition coefficient (Wildman–Crippen LogP) is 4.92. The molecule has 0 fully saturated rings. The maximum Gasteiger partial charge on any atom is 0.419 e. The molecule has 0 saturated heterocycles. The Morgan fingerprint density at radius 1 is 1.00 bits per heavy atom. The van der Waals surface area contributed by atoms with Crippen LogP contribution in [0.1, 0.15) is 34.3 Å². The third kappa shape index (κ3) is 5.13. The van der Waals surface area contributed by atoms with Crippen molar-refractivity contribution < 1.29 is 22.7 Å². The van der Waals surface area contributed by atoms with E-state index in [1.54, 1.807) is 0 Å². The molecule has 2 aromatic rings. The second kappa shape index (κ2) is 7.81. The van der Waals surface area contributed by atoms with Gasteiger partial charge in [0.1, 0.15) is 12.0 Å². The van der Waals surface area contributed by atoms with Gasteiger partial charge in [-0.15, -0.1) is 0 Å². The molecular weight excluding hydrogens is 305 g/mol. The molecule has 122 valence electrons. The van der Waals surface area contributed by atoms with Crippen molar-refractivity contribution in [2.75, 3.05) is 6.61 Å². The summed E-state index contributed by atoms with van der Waals surface area (Å²) in [5.74, 6) is -0.234. The number of carbonyl (C=O) groups excluding carboxylic acids is 1. The molecule has 0 heterocycles. The molecule has 0 radical (unpaired) electrons. The standard InChI is InChI=1S/C18H17F3O2/c19-18(20,21)16-12-15(13-22)9-10-17(16)23-11-5-4-8-14-6-2-1-3-7-14/h1-3,6-7,9-10,12-13H,4-5,8,11H2. The van der Waals surface area contributed by atoms with Gasteiger partial charge in [0, 0.05) is 5.56 Å². The van der Waals surface area contributed by atoms with Crippen molar-refractivity contribution in [1.29, 1.82) is 0 Å². The Morgan fingerprint density at radius 2 is 1.74 bits per heavy atom. The molecule has 2 nitrogen and oxygen atoms in total. The van der Waals surface area contributed by atoms with Crippen LogP contribution in [-0.2, 0) is 12.6 Å². The smallest absolute Gasteiger partial charge is 0.419 e. The lowest BCUT2D eigenvalue weighted by Gasteiger charge is -2.14. The van der Waals surface area contributed by atoms with Crippen LogP contribution in [0, 0.1) is 0 Å². The monoisotopic (exact) mass is 322 g/mol. The molecular formula is C18H17F3O2. The largest absolute Gasteiger partial charge is 0.493 e. The van der Waals surface area contributed by atoms with Gasteiger partial charge in [-0.1, -0.05) is 30.3 Å². The minimum Gasteiger partial charge on any atom is -0.493 e. The van der Waals surface area contributed by atoms with Crippen molar-refractivity contribution in [2.45, 2.75) is 25.4 Å². The van der Waals surface area contributed by atoms with E-state index in [0.29, 0.717) is 12.7 Å². The lowest BCUT2D eigenvalue weighted by molar-refractivity contribution is -0.139. The number of unbranched alkanes of at least 4 members (excludes halogenated alkanes) is 1. The highest BCUT2D eigenvalue weighted by Crippen LogP contribution is 2.36.